The first-order chi connectivity index (χ1) is 9.92. The lowest BCUT2D eigenvalue weighted by molar-refractivity contribution is -0.136. The first kappa shape index (κ1) is 22.3. The highest BCUT2D eigenvalue weighted by Crippen LogP contribution is 2.11. The van der Waals surface area contributed by atoms with Gasteiger partial charge in [-0.1, -0.05) is 6.58 Å². The minimum Gasteiger partial charge on any atom is -0.466 e. The van der Waals surface area contributed by atoms with Crippen LogP contribution in [-0.4, -0.2) is 73.1 Å². The maximum atomic E-state index is 10.2. The third kappa shape index (κ3) is 11.4. The SMILES string of the molecule is C1CCOC1.C=C(C)C(=O)OC.OCC(CO)(CO)CO. The highest BCUT2D eigenvalue weighted by molar-refractivity contribution is 5.86. The van der Waals surface area contributed by atoms with Crippen molar-refractivity contribution in [2.24, 2.45) is 5.41 Å². The smallest absolute Gasteiger partial charge is 0.332 e. The maximum Gasteiger partial charge on any atom is 0.332 e. The van der Waals surface area contributed by atoms with Gasteiger partial charge in [-0.25, -0.2) is 4.79 Å². The number of carbonyl (C=O) groups is 1. The monoisotopic (exact) mass is 308 g/mol. The molecule has 0 aromatic heterocycles. The van der Waals surface area contributed by atoms with E-state index in [4.69, 9.17) is 25.2 Å². The van der Waals surface area contributed by atoms with Crippen LogP contribution in [0.2, 0.25) is 0 Å². The quantitative estimate of drug-likeness (QED) is 0.398. The molecule has 1 aliphatic heterocycles. The zero-order valence-electron chi connectivity index (χ0n) is 12.9. The second kappa shape index (κ2) is 14.0. The van der Waals surface area contributed by atoms with Gasteiger partial charge < -0.3 is 29.9 Å². The summed E-state index contributed by atoms with van der Waals surface area (Å²) in [6.45, 7) is 5.33. The van der Waals surface area contributed by atoms with E-state index in [0.29, 0.717) is 5.57 Å². The molecule has 7 heteroatoms. The zero-order valence-corrected chi connectivity index (χ0v) is 12.9. The van der Waals surface area contributed by atoms with Crippen molar-refractivity contribution in [2.45, 2.75) is 19.8 Å². The van der Waals surface area contributed by atoms with E-state index in [0.717, 1.165) is 13.2 Å². The van der Waals surface area contributed by atoms with Gasteiger partial charge >= 0.3 is 5.97 Å². The van der Waals surface area contributed by atoms with Crippen LogP contribution in [0.4, 0.5) is 0 Å². The molecule has 0 unspecified atom stereocenters. The Balaban J connectivity index is 0. The summed E-state index contributed by atoms with van der Waals surface area (Å²) < 4.78 is 9.22. The van der Waals surface area contributed by atoms with Crippen molar-refractivity contribution in [3.63, 3.8) is 0 Å². The number of ether oxygens (including phenoxy) is 2. The van der Waals surface area contributed by atoms with Crippen LogP contribution in [0, 0.1) is 5.41 Å². The summed E-state index contributed by atoms with van der Waals surface area (Å²) in [5, 5.41) is 34.0. The number of aliphatic hydroxyl groups excluding tert-OH is 4. The van der Waals surface area contributed by atoms with Gasteiger partial charge in [0, 0.05) is 18.8 Å². The van der Waals surface area contributed by atoms with Crippen LogP contribution in [0.3, 0.4) is 0 Å². The molecule has 0 atom stereocenters. The predicted octanol–water partition coefficient (Wildman–Crippen LogP) is -0.526. The van der Waals surface area contributed by atoms with Crippen LogP contribution in [0.1, 0.15) is 19.8 Å². The molecule has 0 saturated carbocycles. The van der Waals surface area contributed by atoms with Crippen molar-refractivity contribution in [3.05, 3.63) is 12.2 Å². The summed E-state index contributed by atoms with van der Waals surface area (Å²) in [4.78, 5) is 10.2. The van der Waals surface area contributed by atoms with E-state index in [1.54, 1.807) is 6.92 Å². The second-order valence-electron chi connectivity index (χ2n) is 4.72. The van der Waals surface area contributed by atoms with E-state index < -0.39 is 31.8 Å². The Bertz CT molecular complexity index is 245. The maximum absolute atomic E-state index is 10.2. The largest absolute Gasteiger partial charge is 0.466 e. The zero-order chi connectivity index (χ0) is 16.7. The van der Waals surface area contributed by atoms with Gasteiger partial charge in [0.25, 0.3) is 0 Å². The van der Waals surface area contributed by atoms with E-state index >= 15 is 0 Å². The summed E-state index contributed by atoms with van der Waals surface area (Å²) in [7, 11) is 1.33. The average molecular weight is 308 g/mol. The fraction of sp³-hybridized carbons (Fsp3) is 0.786. The van der Waals surface area contributed by atoms with E-state index in [9.17, 15) is 4.79 Å². The molecule has 1 saturated heterocycles. The van der Waals surface area contributed by atoms with Crippen LogP contribution in [0.15, 0.2) is 12.2 Å². The average Bonchev–Trinajstić information content (AvgIpc) is 3.09. The van der Waals surface area contributed by atoms with Crippen LogP contribution >= 0.6 is 0 Å². The number of aliphatic hydroxyl groups is 4. The van der Waals surface area contributed by atoms with E-state index in [-0.39, 0.29) is 5.97 Å². The molecular weight excluding hydrogens is 280 g/mol. The Hall–Kier alpha value is -0.990. The number of esters is 1. The molecule has 0 aliphatic carbocycles. The van der Waals surface area contributed by atoms with Gasteiger partial charge in [-0.15, -0.1) is 0 Å². The number of methoxy groups -OCH3 is 1. The highest BCUT2D eigenvalue weighted by atomic mass is 16.5. The van der Waals surface area contributed by atoms with Gasteiger partial charge in [-0.05, 0) is 19.8 Å². The van der Waals surface area contributed by atoms with E-state index in [2.05, 4.69) is 11.3 Å². The van der Waals surface area contributed by atoms with Crippen LogP contribution in [0.5, 0.6) is 0 Å². The van der Waals surface area contributed by atoms with Crippen molar-refractivity contribution in [1.29, 1.82) is 0 Å². The normalized spacial score (nSPS) is 13.4. The van der Waals surface area contributed by atoms with Crippen molar-refractivity contribution in [3.8, 4) is 0 Å². The Kier molecular flexibility index (Phi) is 14.8. The van der Waals surface area contributed by atoms with Gasteiger partial charge in [0.2, 0.25) is 0 Å². The highest BCUT2D eigenvalue weighted by Gasteiger charge is 2.26. The molecular formula is C14H28O7. The molecule has 21 heavy (non-hydrogen) atoms. The van der Waals surface area contributed by atoms with E-state index in [1.165, 1.54) is 20.0 Å². The summed E-state index contributed by atoms with van der Waals surface area (Å²) in [6.07, 6.45) is 2.56. The van der Waals surface area contributed by atoms with Crippen molar-refractivity contribution in [2.75, 3.05) is 46.8 Å². The molecule has 126 valence electrons. The molecule has 1 aliphatic rings. The molecule has 4 N–H and O–H groups in total. The molecule has 0 amide bonds. The Morgan fingerprint density at radius 3 is 1.52 bits per heavy atom. The lowest BCUT2D eigenvalue weighted by Gasteiger charge is -2.23. The molecule has 0 bridgehead atoms. The van der Waals surface area contributed by atoms with Crippen molar-refractivity contribution < 1.29 is 34.7 Å². The lowest BCUT2D eigenvalue weighted by Crippen LogP contribution is -2.37. The molecule has 0 aromatic rings. The third-order valence-electron chi connectivity index (χ3n) is 2.70. The molecule has 7 nitrogen and oxygen atoms in total. The Morgan fingerprint density at radius 2 is 1.48 bits per heavy atom. The minimum atomic E-state index is -1.11. The Labute approximate surface area is 125 Å². The fourth-order valence-electron chi connectivity index (χ4n) is 0.985. The summed E-state index contributed by atoms with van der Waals surface area (Å²) in [6, 6.07) is 0. The molecule has 0 spiro atoms. The first-order valence-electron chi connectivity index (χ1n) is 6.68. The second-order valence-corrected chi connectivity index (χ2v) is 4.72. The number of carbonyl (C=O) groups excluding carboxylic acids is 1. The van der Waals surface area contributed by atoms with Crippen LogP contribution in [0.25, 0.3) is 0 Å². The fourth-order valence-corrected chi connectivity index (χ4v) is 0.985. The van der Waals surface area contributed by atoms with Crippen molar-refractivity contribution in [1.82, 2.24) is 0 Å². The minimum absolute atomic E-state index is 0.347. The third-order valence-corrected chi connectivity index (χ3v) is 2.70. The topological polar surface area (TPSA) is 116 Å². The number of rotatable bonds is 5. The van der Waals surface area contributed by atoms with Crippen LogP contribution in [-0.2, 0) is 14.3 Å². The molecule has 1 fully saturated rings. The standard InChI is InChI=1S/C5H12O4.C5H8O2.C4H8O/c6-1-5(2-7,3-8)4-9;1-4(2)5(6)7-3;1-2-4-5-3-1/h6-9H,1-4H2;1H2,2-3H3;1-4H2. The van der Waals surface area contributed by atoms with Crippen molar-refractivity contribution >= 4 is 5.97 Å². The first-order valence-corrected chi connectivity index (χ1v) is 6.68. The summed E-state index contributed by atoms with van der Waals surface area (Å²) in [5.41, 5.74) is -0.678. The lowest BCUT2D eigenvalue weighted by atomic mass is 9.93. The van der Waals surface area contributed by atoms with Gasteiger partial charge in [0.1, 0.15) is 0 Å². The summed E-state index contributed by atoms with van der Waals surface area (Å²) in [5.74, 6) is -0.347. The van der Waals surface area contributed by atoms with Gasteiger partial charge in [0.15, 0.2) is 0 Å². The molecule has 0 radical (unpaired) electrons. The van der Waals surface area contributed by atoms with Crippen LogP contribution < -0.4 is 0 Å². The molecule has 1 rings (SSSR count). The molecule has 1 heterocycles. The Morgan fingerprint density at radius 1 is 1.10 bits per heavy atom. The van der Waals surface area contributed by atoms with Gasteiger partial charge in [-0.3, -0.25) is 0 Å². The summed E-state index contributed by atoms with van der Waals surface area (Å²) >= 11 is 0. The van der Waals surface area contributed by atoms with E-state index in [1.807, 2.05) is 0 Å². The van der Waals surface area contributed by atoms with Gasteiger partial charge in [0.05, 0.1) is 39.0 Å². The van der Waals surface area contributed by atoms with Gasteiger partial charge in [-0.2, -0.15) is 0 Å². The number of hydrogen-bond donors (Lipinski definition) is 4. The molecule has 0 aromatic carbocycles. The predicted molar refractivity (Wildman–Crippen MR) is 77.7 cm³/mol. The number of hydrogen-bond acceptors (Lipinski definition) is 7.